The first-order valence-corrected chi connectivity index (χ1v) is 10.1. The number of benzene rings is 1. The van der Waals surface area contributed by atoms with Crippen molar-refractivity contribution < 1.29 is 4.74 Å². The molecule has 154 valence electrons. The highest BCUT2D eigenvalue weighted by molar-refractivity contribution is 5.79. The van der Waals surface area contributed by atoms with Crippen LogP contribution >= 0.6 is 0 Å². The van der Waals surface area contributed by atoms with Crippen molar-refractivity contribution in [3.63, 3.8) is 0 Å². The van der Waals surface area contributed by atoms with Gasteiger partial charge in [0.25, 0.3) is 0 Å². The lowest BCUT2D eigenvalue weighted by Crippen LogP contribution is -2.36. The Hall–Kier alpha value is -3.96. The number of rotatable bonds is 3. The van der Waals surface area contributed by atoms with Crippen LogP contribution in [0.1, 0.15) is 11.4 Å². The second-order valence-corrected chi connectivity index (χ2v) is 7.42. The fourth-order valence-electron chi connectivity index (χ4n) is 3.97. The van der Waals surface area contributed by atoms with Gasteiger partial charge in [-0.3, -0.25) is 4.57 Å². The molecule has 8 nitrogen and oxygen atoms in total. The minimum atomic E-state index is 0.450. The Morgan fingerprint density at radius 2 is 1.90 bits per heavy atom. The zero-order valence-corrected chi connectivity index (χ0v) is 17.1. The molecule has 0 bridgehead atoms. The Bertz CT molecular complexity index is 1320. The molecule has 0 atom stereocenters. The van der Waals surface area contributed by atoms with Crippen LogP contribution in [0.4, 0.5) is 11.5 Å². The molecule has 0 spiro atoms. The summed E-state index contributed by atoms with van der Waals surface area (Å²) in [5.74, 6) is 1.28. The molecule has 1 saturated heterocycles. The van der Waals surface area contributed by atoms with E-state index in [0.29, 0.717) is 24.6 Å². The van der Waals surface area contributed by atoms with Crippen molar-refractivity contribution in [3.8, 4) is 23.0 Å². The fourth-order valence-corrected chi connectivity index (χ4v) is 3.97. The van der Waals surface area contributed by atoms with Crippen molar-refractivity contribution in [2.45, 2.75) is 6.92 Å². The first-order chi connectivity index (χ1) is 15.1. The van der Waals surface area contributed by atoms with Crippen LogP contribution in [-0.2, 0) is 4.74 Å². The third kappa shape index (κ3) is 3.45. The lowest BCUT2D eigenvalue weighted by Gasteiger charge is -2.30. The van der Waals surface area contributed by atoms with Gasteiger partial charge < -0.3 is 15.4 Å². The van der Waals surface area contributed by atoms with E-state index in [1.54, 1.807) is 12.3 Å². The zero-order chi connectivity index (χ0) is 21.4. The van der Waals surface area contributed by atoms with Crippen molar-refractivity contribution >= 4 is 22.7 Å². The van der Waals surface area contributed by atoms with Gasteiger partial charge in [0, 0.05) is 24.8 Å². The van der Waals surface area contributed by atoms with E-state index in [0.717, 1.165) is 52.7 Å². The van der Waals surface area contributed by atoms with Crippen LogP contribution in [-0.4, -0.2) is 45.8 Å². The van der Waals surface area contributed by atoms with Crippen LogP contribution in [0, 0.1) is 18.3 Å². The molecular formula is C23H21N7O. The van der Waals surface area contributed by atoms with Crippen molar-refractivity contribution in [1.82, 2.24) is 19.5 Å². The molecule has 8 heteroatoms. The number of hydrogen-bond acceptors (Lipinski definition) is 7. The van der Waals surface area contributed by atoms with Gasteiger partial charge in [-0.05, 0) is 49.4 Å². The minimum absolute atomic E-state index is 0.450. The maximum Gasteiger partial charge on any atom is 0.165 e. The van der Waals surface area contributed by atoms with E-state index in [9.17, 15) is 5.26 Å². The Morgan fingerprint density at radius 1 is 1.06 bits per heavy atom. The van der Waals surface area contributed by atoms with Crippen molar-refractivity contribution in [2.75, 3.05) is 36.9 Å². The highest BCUT2D eigenvalue weighted by Crippen LogP contribution is 2.29. The third-order valence-corrected chi connectivity index (χ3v) is 5.46. The number of hydrogen-bond donors (Lipinski definition) is 1. The van der Waals surface area contributed by atoms with Gasteiger partial charge in [-0.1, -0.05) is 0 Å². The van der Waals surface area contributed by atoms with Crippen LogP contribution in [0.15, 0.2) is 48.7 Å². The summed E-state index contributed by atoms with van der Waals surface area (Å²) >= 11 is 0. The Labute approximate surface area is 179 Å². The second-order valence-electron chi connectivity index (χ2n) is 7.42. The molecule has 1 aliphatic heterocycles. The molecule has 4 heterocycles. The summed E-state index contributed by atoms with van der Waals surface area (Å²) < 4.78 is 7.50. The highest BCUT2D eigenvalue weighted by Gasteiger charge is 2.18. The molecule has 1 aliphatic rings. The van der Waals surface area contributed by atoms with Gasteiger partial charge in [0.15, 0.2) is 5.65 Å². The number of fused-ring (bicyclic) bond motifs is 1. The SMILES string of the molecule is Cc1nc2ccc(-c3ccnc(N)c3)nc2n1-c1ccc(C#N)c(N2CCOCC2)c1. The molecule has 31 heavy (non-hydrogen) atoms. The summed E-state index contributed by atoms with van der Waals surface area (Å²) in [4.78, 5) is 15.8. The molecule has 0 unspecified atom stereocenters. The summed E-state index contributed by atoms with van der Waals surface area (Å²) in [6.07, 6.45) is 1.67. The molecule has 1 aromatic carbocycles. The first-order valence-electron chi connectivity index (χ1n) is 10.1. The number of nitrogens with zero attached hydrogens (tertiary/aromatic N) is 6. The number of nitrogens with two attached hydrogens (primary N) is 1. The predicted molar refractivity (Wildman–Crippen MR) is 119 cm³/mol. The topological polar surface area (TPSA) is 106 Å². The molecule has 3 aromatic heterocycles. The number of imidazole rings is 1. The van der Waals surface area contributed by atoms with Gasteiger partial charge in [-0.2, -0.15) is 5.26 Å². The molecule has 1 fully saturated rings. The van der Waals surface area contributed by atoms with E-state index in [-0.39, 0.29) is 0 Å². The second kappa shape index (κ2) is 7.70. The summed E-state index contributed by atoms with van der Waals surface area (Å²) in [6, 6.07) is 15.7. The van der Waals surface area contributed by atoms with Crippen molar-refractivity contribution in [1.29, 1.82) is 5.26 Å². The van der Waals surface area contributed by atoms with Gasteiger partial charge in [-0.25, -0.2) is 15.0 Å². The molecule has 0 aliphatic carbocycles. The number of nitriles is 1. The molecule has 5 rings (SSSR count). The quantitative estimate of drug-likeness (QED) is 0.552. The lowest BCUT2D eigenvalue weighted by atomic mass is 10.1. The Balaban J connectivity index is 1.65. The lowest BCUT2D eigenvalue weighted by molar-refractivity contribution is 0.122. The number of pyridine rings is 2. The Kier molecular flexibility index (Phi) is 4.73. The smallest absolute Gasteiger partial charge is 0.165 e. The summed E-state index contributed by atoms with van der Waals surface area (Å²) in [5.41, 5.74) is 11.6. The van der Waals surface area contributed by atoms with Crippen LogP contribution in [0.5, 0.6) is 0 Å². The molecule has 2 N–H and O–H groups in total. The number of ether oxygens (including phenoxy) is 1. The summed E-state index contributed by atoms with van der Waals surface area (Å²) in [5, 5.41) is 9.63. The molecule has 0 saturated carbocycles. The molecule has 4 aromatic rings. The largest absolute Gasteiger partial charge is 0.384 e. The minimum Gasteiger partial charge on any atom is -0.384 e. The Morgan fingerprint density at radius 3 is 2.68 bits per heavy atom. The van der Waals surface area contributed by atoms with E-state index < -0.39 is 0 Å². The number of morpholine rings is 1. The predicted octanol–water partition coefficient (Wildman–Crippen LogP) is 3.08. The number of anilines is 2. The van der Waals surface area contributed by atoms with Crippen molar-refractivity contribution in [2.24, 2.45) is 0 Å². The zero-order valence-electron chi connectivity index (χ0n) is 17.1. The standard InChI is InChI=1S/C23H21N7O/c1-15-27-20-5-4-19(16-6-7-26-22(25)12-16)28-23(20)30(15)18-3-2-17(14-24)21(13-18)29-8-10-31-11-9-29/h2-7,12-13H,8-11H2,1H3,(H2,25,26). The van der Waals surface area contributed by atoms with Gasteiger partial charge in [0.05, 0.1) is 35.8 Å². The van der Waals surface area contributed by atoms with Gasteiger partial charge in [0.1, 0.15) is 23.2 Å². The summed E-state index contributed by atoms with van der Waals surface area (Å²) in [7, 11) is 0. The molecule has 0 radical (unpaired) electrons. The third-order valence-electron chi connectivity index (χ3n) is 5.46. The van der Waals surface area contributed by atoms with E-state index >= 15 is 0 Å². The van der Waals surface area contributed by atoms with E-state index in [1.165, 1.54) is 0 Å². The maximum atomic E-state index is 9.63. The first kappa shape index (κ1) is 19.0. The van der Waals surface area contributed by atoms with Gasteiger partial charge in [-0.15, -0.1) is 0 Å². The van der Waals surface area contributed by atoms with Gasteiger partial charge in [0.2, 0.25) is 0 Å². The average Bonchev–Trinajstić information content (AvgIpc) is 3.14. The molecular weight excluding hydrogens is 390 g/mol. The average molecular weight is 411 g/mol. The molecule has 0 amide bonds. The van der Waals surface area contributed by atoms with E-state index in [4.69, 9.17) is 20.4 Å². The fraction of sp³-hybridized carbons (Fsp3) is 0.217. The maximum absolute atomic E-state index is 9.63. The number of aromatic nitrogens is 4. The van der Waals surface area contributed by atoms with E-state index in [2.05, 4.69) is 16.0 Å². The van der Waals surface area contributed by atoms with Gasteiger partial charge >= 0.3 is 0 Å². The summed E-state index contributed by atoms with van der Waals surface area (Å²) in [6.45, 7) is 4.78. The number of aryl methyl sites for hydroxylation is 1. The van der Waals surface area contributed by atoms with Crippen LogP contribution < -0.4 is 10.6 Å². The van der Waals surface area contributed by atoms with E-state index in [1.807, 2.05) is 47.9 Å². The van der Waals surface area contributed by atoms with Crippen LogP contribution in [0.3, 0.4) is 0 Å². The van der Waals surface area contributed by atoms with Crippen LogP contribution in [0.25, 0.3) is 28.1 Å². The number of nitrogen functional groups attached to an aromatic ring is 1. The monoisotopic (exact) mass is 411 g/mol. The van der Waals surface area contributed by atoms with Crippen LogP contribution in [0.2, 0.25) is 0 Å². The van der Waals surface area contributed by atoms with Crippen molar-refractivity contribution in [3.05, 3.63) is 60.0 Å². The highest BCUT2D eigenvalue weighted by atomic mass is 16.5. The normalized spacial score (nSPS) is 14.0.